The maximum absolute atomic E-state index is 11.0. The smallest absolute Gasteiger partial charge is 0.148 e. The van der Waals surface area contributed by atoms with Crippen LogP contribution in [0, 0.1) is 0 Å². The number of rotatable bonds is 5. The molecule has 0 saturated heterocycles. The predicted octanol–water partition coefficient (Wildman–Crippen LogP) is 2.69. The van der Waals surface area contributed by atoms with Gasteiger partial charge in [-0.2, -0.15) is 0 Å². The van der Waals surface area contributed by atoms with Gasteiger partial charge in [-0.15, -0.1) is 11.3 Å². The van der Waals surface area contributed by atoms with Crippen molar-refractivity contribution < 1.29 is 8.42 Å². The normalized spacial score (nSPS) is 14.0. The van der Waals surface area contributed by atoms with Crippen LogP contribution in [0.25, 0.3) is 0 Å². The minimum atomic E-state index is -2.93. The molecule has 0 spiro atoms. The van der Waals surface area contributed by atoms with Gasteiger partial charge in [-0.3, -0.25) is 0 Å². The average Bonchev–Trinajstić information content (AvgIpc) is 2.40. The van der Waals surface area contributed by atoms with E-state index < -0.39 is 9.84 Å². The molecule has 1 aromatic rings. The van der Waals surface area contributed by atoms with Crippen molar-refractivity contribution >= 4 is 48.7 Å². The zero-order valence-corrected chi connectivity index (χ0v) is 12.9. The number of nitrogens with one attached hydrogen (secondary N) is 1. The van der Waals surface area contributed by atoms with E-state index in [0.29, 0.717) is 10.9 Å². The molecule has 0 radical (unpaired) electrons. The minimum Gasteiger partial charge on any atom is -0.308 e. The van der Waals surface area contributed by atoms with Crippen LogP contribution in [0.15, 0.2) is 10.5 Å². The standard InChI is InChI=1S/C9H13BrClNO2S2/c1-6(5-16(2,13)14)12-4-7-3-8(10)9(11)15-7/h3,6,12H,4-5H2,1-2H3. The van der Waals surface area contributed by atoms with E-state index in [1.165, 1.54) is 17.6 Å². The molecule has 7 heteroatoms. The van der Waals surface area contributed by atoms with Crippen molar-refractivity contribution in [3.05, 3.63) is 19.8 Å². The first-order valence-electron chi connectivity index (χ1n) is 4.63. The monoisotopic (exact) mass is 345 g/mol. The lowest BCUT2D eigenvalue weighted by atomic mass is 10.3. The minimum absolute atomic E-state index is 0.0605. The van der Waals surface area contributed by atoms with Gasteiger partial charge in [-0.1, -0.05) is 11.6 Å². The SMILES string of the molecule is CC(CS(C)(=O)=O)NCc1cc(Br)c(Cl)s1. The first-order chi connectivity index (χ1) is 7.28. The second kappa shape index (κ2) is 5.82. The van der Waals surface area contributed by atoms with Gasteiger partial charge >= 0.3 is 0 Å². The third-order valence-corrected chi connectivity index (χ3v) is 5.45. The summed E-state index contributed by atoms with van der Waals surface area (Å²) in [4.78, 5) is 1.08. The highest BCUT2D eigenvalue weighted by molar-refractivity contribution is 9.10. The van der Waals surface area contributed by atoms with Crippen molar-refractivity contribution in [1.82, 2.24) is 5.32 Å². The molecule has 0 aromatic carbocycles. The zero-order chi connectivity index (χ0) is 12.3. The summed E-state index contributed by atoms with van der Waals surface area (Å²) in [6, 6.07) is 1.88. The lowest BCUT2D eigenvalue weighted by Gasteiger charge is -2.11. The summed E-state index contributed by atoms with van der Waals surface area (Å²) in [6.45, 7) is 2.48. The molecular formula is C9H13BrClNO2S2. The molecule has 0 bridgehead atoms. The summed E-state index contributed by atoms with van der Waals surface area (Å²) in [7, 11) is -2.93. The molecule has 0 aliphatic heterocycles. The lowest BCUT2D eigenvalue weighted by Crippen LogP contribution is -2.31. The Hall–Kier alpha value is 0.380. The van der Waals surface area contributed by atoms with Crippen LogP contribution in [-0.4, -0.2) is 26.5 Å². The van der Waals surface area contributed by atoms with E-state index in [-0.39, 0.29) is 11.8 Å². The fraction of sp³-hybridized carbons (Fsp3) is 0.556. The van der Waals surface area contributed by atoms with Crippen molar-refractivity contribution in [2.24, 2.45) is 0 Å². The second-order valence-corrected chi connectivity index (χ2v) is 8.49. The Morgan fingerprint density at radius 2 is 2.25 bits per heavy atom. The molecule has 0 amide bonds. The van der Waals surface area contributed by atoms with Crippen molar-refractivity contribution in [1.29, 1.82) is 0 Å². The van der Waals surface area contributed by atoms with Crippen LogP contribution < -0.4 is 5.32 Å². The van der Waals surface area contributed by atoms with Crippen LogP contribution in [0.2, 0.25) is 4.34 Å². The molecule has 16 heavy (non-hydrogen) atoms. The Bertz CT molecular complexity index is 439. The molecule has 92 valence electrons. The van der Waals surface area contributed by atoms with Gasteiger partial charge in [0, 0.05) is 28.2 Å². The van der Waals surface area contributed by atoms with E-state index in [9.17, 15) is 8.42 Å². The summed E-state index contributed by atoms with van der Waals surface area (Å²) < 4.78 is 23.7. The van der Waals surface area contributed by atoms with Gasteiger partial charge in [-0.25, -0.2) is 8.42 Å². The first-order valence-corrected chi connectivity index (χ1v) is 8.67. The quantitative estimate of drug-likeness (QED) is 0.891. The first kappa shape index (κ1) is 14.4. The van der Waals surface area contributed by atoms with Crippen molar-refractivity contribution in [2.75, 3.05) is 12.0 Å². The topological polar surface area (TPSA) is 46.2 Å². The maximum Gasteiger partial charge on any atom is 0.148 e. The third-order valence-electron chi connectivity index (χ3n) is 1.87. The van der Waals surface area contributed by atoms with Crippen LogP contribution in [0.5, 0.6) is 0 Å². The summed E-state index contributed by atoms with van der Waals surface area (Å²) >= 11 is 10.7. The van der Waals surface area contributed by atoms with Crippen LogP contribution in [0.4, 0.5) is 0 Å². The van der Waals surface area contributed by atoms with Crippen LogP contribution >= 0.6 is 38.9 Å². The Kier molecular flexibility index (Phi) is 5.25. The van der Waals surface area contributed by atoms with Gasteiger partial charge < -0.3 is 5.32 Å². The molecule has 0 aliphatic carbocycles. The molecule has 1 atom stereocenters. The highest BCUT2D eigenvalue weighted by Gasteiger charge is 2.11. The molecule has 3 nitrogen and oxygen atoms in total. The van der Waals surface area contributed by atoms with E-state index in [4.69, 9.17) is 11.6 Å². The van der Waals surface area contributed by atoms with Gasteiger partial charge in [-0.05, 0) is 28.9 Å². The molecule has 1 unspecified atom stereocenters. The zero-order valence-electron chi connectivity index (χ0n) is 8.96. The molecule has 1 N–H and O–H groups in total. The van der Waals surface area contributed by atoms with E-state index in [0.717, 1.165) is 9.35 Å². The summed E-state index contributed by atoms with van der Waals surface area (Å²) in [6.07, 6.45) is 1.24. The van der Waals surface area contributed by atoms with Gasteiger partial charge in [0.1, 0.15) is 14.2 Å². The van der Waals surface area contributed by atoms with Crippen molar-refractivity contribution in [3.8, 4) is 0 Å². The molecule has 0 saturated carbocycles. The van der Waals surface area contributed by atoms with E-state index in [1.807, 2.05) is 13.0 Å². The molecular weight excluding hydrogens is 334 g/mol. The van der Waals surface area contributed by atoms with Crippen LogP contribution in [-0.2, 0) is 16.4 Å². The molecule has 1 heterocycles. The molecule has 0 aliphatic rings. The van der Waals surface area contributed by atoms with Gasteiger partial charge in [0.15, 0.2) is 0 Å². The number of hydrogen-bond acceptors (Lipinski definition) is 4. The van der Waals surface area contributed by atoms with E-state index in [1.54, 1.807) is 0 Å². The average molecular weight is 347 g/mol. The molecule has 1 rings (SSSR count). The Labute approximate surface area is 113 Å². The predicted molar refractivity (Wildman–Crippen MR) is 73.0 cm³/mol. The number of thiophene rings is 1. The second-order valence-electron chi connectivity index (χ2n) is 3.71. The van der Waals surface area contributed by atoms with Crippen molar-refractivity contribution in [3.63, 3.8) is 0 Å². The summed E-state index contributed by atoms with van der Waals surface area (Å²) in [5, 5.41) is 3.15. The molecule has 0 fully saturated rings. The van der Waals surface area contributed by atoms with Gasteiger partial charge in [0.2, 0.25) is 0 Å². The molecule has 1 aromatic heterocycles. The highest BCUT2D eigenvalue weighted by Crippen LogP contribution is 2.31. The Balaban J connectivity index is 2.46. The van der Waals surface area contributed by atoms with E-state index >= 15 is 0 Å². The summed E-state index contributed by atoms with van der Waals surface area (Å²) in [5.74, 6) is 0.146. The fourth-order valence-electron chi connectivity index (χ4n) is 1.27. The van der Waals surface area contributed by atoms with Crippen molar-refractivity contribution in [2.45, 2.75) is 19.5 Å². The summed E-state index contributed by atoms with van der Waals surface area (Å²) in [5.41, 5.74) is 0. The maximum atomic E-state index is 11.0. The van der Waals surface area contributed by atoms with Crippen LogP contribution in [0.3, 0.4) is 0 Å². The Morgan fingerprint density at radius 3 is 2.69 bits per heavy atom. The van der Waals surface area contributed by atoms with E-state index in [2.05, 4.69) is 21.2 Å². The van der Waals surface area contributed by atoms with Gasteiger partial charge in [0.25, 0.3) is 0 Å². The third kappa shape index (κ3) is 5.14. The number of hydrogen-bond donors (Lipinski definition) is 1. The van der Waals surface area contributed by atoms with Gasteiger partial charge in [0.05, 0.1) is 5.75 Å². The fourth-order valence-corrected chi connectivity index (χ4v) is 4.03. The number of sulfone groups is 1. The lowest BCUT2D eigenvalue weighted by molar-refractivity contribution is 0.562. The number of halogens is 2. The largest absolute Gasteiger partial charge is 0.308 e. The highest BCUT2D eigenvalue weighted by atomic mass is 79.9. The Morgan fingerprint density at radius 1 is 1.62 bits per heavy atom. The van der Waals surface area contributed by atoms with Crippen LogP contribution in [0.1, 0.15) is 11.8 Å².